The zero-order valence-electron chi connectivity index (χ0n) is 20.9. The third-order valence-corrected chi connectivity index (χ3v) is 5.51. The minimum Gasteiger partial charge on any atom is -0.497 e. The Bertz CT molecular complexity index is 1090. The second-order valence-electron chi connectivity index (χ2n) is 7.94. The Morgan fingerprint density at radius 3 is 1.89 bits per heavy atom. The lowest BCUT2D eigenvalue weighted by molar-refractivity contribution is -0.180. The van der Waals surface area contributed by atoms with Crippen LogP contribution >= 0.6 is 0 Å². The van der Waals surface area contributed by atoms with E-state index in [0.717, 1.165) is 11.1 Å². The van der Waals surface area contributed by atoms with Gasteiger partial charge >= 0.3 is 17.5 Å². The molecule has 0 amide bonds. The second-order valence-corrected chi connectivity index (χ2v) is 7.94. The van der Waals surface area contributed by atoms with Gasteiger partial charge in [0.2, 0.25) is 0 Å². The first-order valence-corrected chi connectivity index (χ1v) is 11.9. The fourth-order valence-corrected chi connectivity index (χ4v) is 3.61. The minimum absolute atomic E-state index is 0.00398. The van der Waals surface area contributed by atoms with Crippen molar-refractivity contribution in [1.82, 2.24) is 0 Å². The summed E-state index contributed by atoms with van der Waals surface area (Å²) in [5, 5.41) is 0. The molecular formula is C29H32O7. The molecule has 0 aliphatic rings. The molecule has 0 N–H and O–H groups in total. The van der Waals surface area contributed by atoms with Crippen molar-refractivity contribution in [3.05, 3.63) is 90.0 Å². The van der Waals surface area contributed by atoms with Crippen LogP contribution in [-0.4, -0.2) is 37.9 Å². The number of esters is 2. The summed E-state index contributed by atoms with van der Waals surface area (Å²) in [5.74, 6) is -0.278. The number of carbonyl (C=O) groups excluding carboxylic acids is 2. The van der Waals surface area contributed by atoms with Crippen molar-refractivity contribution in [2.75, 3.05) is 20.3 Å². The van der Waals surface area contributed by atoms with Gasteiger partial charge in [-0.05, 0) is 55.7 Å². The molecule has 36 heavy (non-hydrogen) atoms. The van der Waals surface area contributed by atoms with Gasteiger partial charge in [0.15, 0.2) is 11.5 Å². The Hall–Kier alpha value is -4.00. The molecule has 0 aliphatic carbocycles. The average Bonchev–Trinajstić information content (AvgIpc) is 2.91. The Labute approximate surface area is 211 Å². The van der Waals surface area contributed by atoms with Crippen molar-refractivity contribution >= 4 is 11.9 Å². The van der Waals surface area contributed by atoms with Crippen LogP contribution < -0.4 is 14.2 Å². The zero-order valence-corrected chi connectivity index (χ0v) is 20.9. The van der Waals surface area contributed by atoms with Crippen molar-refractivity contribution in [1.29, 1.82) is 0 Å². The molecule has 190 valence electrons. The number of carbonyl (C=O) groups is 2. The van der Waals surface area contributed by atoms with Crippen molar-refractivity contribution < 1.29 is 33.3 Å². The number of aryl methyl sites for hydroxylation is 1. The maximum atomic E-state index is 13.3. The van der Waals surface area contributed by atoms with Gasteiger partial charge in [-0.1, -0.05) is 54.6 Å². The summed E-state index contributed by atoms with van der Waals surface area (Å²) in [7, 11) is 1.59. The van der Waals surface area contributed by atoms with Gasteiger partial charge in [-0.15, -0.1) is 0 Å². The number of methoxy groups -OCH3 is 1. The normalized spacial score (nSPS) is 10.9. The minimum atomic E-state index is -2.02. The lowest BCUT2D eigenvalue weighted by Crippen LogP contribution is -2.54. The highest BCUT2D eigenvalue weighted by molar-refractivity contribution is 6.04. The number of para-hydroxylation sites is 2. The van der Waals surface area contributed by atoms with Crippen LogP contribution in [0.2, 0.25) is 0 Å². The van der Waals surface area contributed by atoms with Crippen LogP contribution in [0.4, 0.5) is 0 Å². The molecule has 0 heterocycles. The lowest BCUT2D eigenvalue weighted by atomic mass is 9.94. The molecule has 7 heteroatoms. The van der Waals surface area contributed by atoms with Gasteiger partial charge in [-0.2, -0.15) is 0 Å². The molecular weight excluding hydrogens is 460 g/mol. The lowest BCUT2D eigenvalue weighted by Gasteiger charge is -2.30. The van der Waals surface area contributed by atoms with Gasteiger partial charge in [0.25, 0.3) is 0 Å². The van der Waals surface area contributed by atoms with E-state index >= 15 is 0 Å². The van der Waals surface area contributed by atoms with Crippen LogP contribution in [0.1, 0.15) is 31.4 Å². The van der Waals surface area contributed by atoms with E-state index in [4.69, 9.17) is 23.7 Å². The third-order valence-electron chi connectivity index (χ3n) is 5.51. The van der Waals surface area contributed by atoms with Crippen LogP contribution in [0.5, 0.6) is 17.2 Å². The van der Waals surface area contributed by atoms with E-state index in [1.165, 1.54) is 0 Å². The molecule has 0 aliphatic heterocycles. The third kappa shape index (κ3) is 6.78. The van der Waals surface area contributed by atoms with Crippen LogP contribution in [0.3, 0.4) is 0 Å². The van der Waals surface area contributed by atoms with Gasteiger partial charge in [0.1, 0.15) is 12.4 Å². The number of hydrogen-bond acceptors (Lipinski definition) is 7. The fourth-order valence-electron chi connectivity index (χ4n) is 3.61. The summed E-state index contributed by atoms with van der Waals surface area (Å²) in [4.78, 5) is 26.6. The van der Waals surface area contributed by atoms with Gasteiger partial charge < -0.3 is 23.7 Å². The molecule has 0 radical (unpaired) electrons. The van der Waals surface area contributed by atoms with Crippen LogP contribution in [0.25, 0.3) is 0 Å². The molecule has 3 aromatic rings. The van der Waals surface area contributed by atoms with Gasteiger partial charge in [-0.3, -0.25) is 0 Å². The molecule has 0 fully saturated rings. The monoisotopic (exact) mass is 492 g/mol. The fraction of sp³-hybridized carbons (Fsp3) is 0.310. The molecule has 3 rings (SSSR count). The van der Waals surface area contributed by atoms with E-state index < -0.39 is 17.5 Å². The molecule has 0 spiro atoms. The zero-order chi connectivity index (χ0) is 25.8. The predicted octanol–water partition coefficient (Wildman–Crippen LogP) is 5.15. The largest absolute Gasteiger partial charge is 0.497 e. The summed E-state index contributed by atoms with van der Waals surface area (Å²) in [6, 6.07) is 24.0. The van der Waals surface area contributed by atoms with Crippen molar-refractivity contribution in [2.45, 2.75) is 38.9 Å². The van der Waals surface area contributed by atoms with Gasteiger partial charge in [-0.25, -0.2) is 9.59 Å². The Morgan fingerprint density at radius 1 is 0.722 bits per heavy atom. The van der Waals surface area contributed by atoms with E-state index in [1.54, 1.807) is 45.2 Å². The van der Waals surface area contributed by atoms with Crippen LogP contribution in [0.15, 0.2) is 78.9 Å². The first-order valence-electron chi connectivity index (χ1n) is 11.9. The van der Waals surface area contributed by atoms with Crippen LogP contribution in [-0.2, 0) is 32.1 Å². The second kappa shape index (κ2) is 13.2. The Balaban J connectivity index is 1.93. The number of rotatable bonds is 13. The molecule has 0 aromatic heterocycles. The van der Waals surface area contributed by atoms with E-state index in [2.05, 4.69) is 0 Å². The van der Waals surface area contributed by atoms with Crippen molar-refractivity contribution in [3.63, 3.8) is 0 Å². The maximum Gasteiger partial charge on any atom is 0.362 e. The first kappa shape index (κ1) is 26.6. The molecule has 3 aromatic carbocycles. The molecule has 0 unspecified atom stereocenters. The molecule has 0 bridgehead atoms. The maximum absolute atomic E-state index is 13.3. The Kier molecular flexibility index (Phi) is 9.74. The molecule has 0 saturated heterocycles. The summed E-state index contributed by atoms with van der Waals surface area (Å²) < 4.78 is 28.1. The summed E-state index contributed by atoms with van der Waals surface area (Å²) in [5.41, 5.74) is -0.155. The molecule has 0 saturated carbocycles. The SMILES string of the molecule is CCOC(=O)C(CCc1ccc(OC)cc1)(Oc1ccccc1OCc1ccccc1)C(=O)OCC. The van der Waals surface area contributed by atoms with E-state index in [9.17, 15) is 9.59 Å². The summed E-state index contributed by atoms with van der Waals surface area (Å²) >= 11 is 0. The van der Waals surface area contributed by atoms with Gasteiger partial charge in [0, 0.05) is 6.42 Å². The van der Waals surface area contributed by atoms with Crippen molar-refractivity contribution in [3.8, 4) is 17.2 Å². The predicted molar refractivity (Wildman–Crippen MR) is 135 cm³/mol. The highest BCUT2D eigenvalue weighted by Gasteiger charge is 2.52. The van der Waals surface area contributed by atoms with E-state index in [1.807, 2.05) is 54.6 Å². The standard InChI is InChI=1S/C29H32O7/c1-4-33-27(30)29(28(31)34-5-2,20-19-22-15-17-24(32-3)18-16-22)36-26-14-10-9-13-25(26)35-21-23-11-7-6-8-12-23/h6-18H,4-5,19-21H2,1-3H3. The highest BCUT2D eigenvalue weighted by atomic mass is 16.6. The van der Waals surface area contributed by atoms with Crippen molar-refractivity contribution in [2.24, 2.45) is 0 Å². The quantitative estimate of drug-likeness (QED) is 0.241. The number of benzene rings is 3. The Morgan fingerprint density at radius 2 is 1.31 bits per heavy atom. The smallest absolute Gasteiger partial charge is 0.362 e. The summed E-state index contributed by atoms with van der Waals surface area (Å²) in [6.45, 7) is 3.80. The number of hydrogen-bond donors (Lipinski definition) is 0. The van der Waals surface area contributed by atoms with E-state index in [0.29, 0.717) is 24.5 Å². The number of ether oxygens (including phenoxy) is 5. The average molecular weight is 493 g/mol. The van der Waals surface area contributed by atoms with E-state index in [-0.39, 0.29) is 25.4 Å². The first-order chi connectivity index (χ1) is 17.5. The summed E-state index contributed by atoms with van der Waals surface area (Å²) in [6.07, 6.45) is 0.360. The van der Waals surface area contributed by atoms with Crippen LogP contribution in [0, 0.1) is 0 Å². The topological polar surface area (TPSA) is 80.3 Å². The highest BCUT2D eigenvalue weighted by Crippen LogP contribution is 2.34. The molecule has 0 atom stereocenters. The van der Waals surface area contributed by atoms with Gasteiger partial charge in [0.05, 0.1) is 20.3 Å². The molecule has 7 nitrogen and oxygen atoms in total.